The number of nitrogens with zero attached hydrogens (tertiary/aromatic N) is 2. The second-order valence-electron chi connectivity index (χ2n) is 8.14. The Morgan fingerprint density at radius 3 is 2.58 bits per heavy atom. The van der Waals surface area contributed by atoms with Crippen LogP contribution in [0.4, 0.5) is 5.69 Å². The molecule has 0 spiro atoms. The van der Waals surface area contributed by atoms with Crippen LogP contribution in [0, 0.1) is 11.8 Å². The Morgan fingerprint density at radius 2 is 2.00 bits per heavy atom. The fourth-order valence-corrected chi connectivity index (χ4v) is 5.23. The number of phenols is 1. The Labute approximate surface area is 186 Å². The third kappa shape index (κ3) is 4.37. The van der Waals surface area contributed by atoms with Crippen molar-refractivity contribution in [3.63, 3.8) is 0 Å². The summed E-state index contributed by atoms with van der Waals surface area (Å²) >= 11 is 6.54. The van der Waals surface area contributed by atoms with Gasteiger partial charge in [0, 0.05) is 12.6 Å². The lowest BCUT2D eigenvalue weighted by Crippen LogP contribution is -2.37. The van der Waals surface area contributed by atoms with Crippen LogP contribution in [0.25, 0.3) is 5.57 Å². The van der Waals surface area contributed by atoms with E-state index in [0.717, 1.165) is 9.88 Å². The zero-order valence-corrected chi connectivity index (χ0v) is 19.3. The summed E-state index contributed by atoms with van der Waals surface area (Å²) < 4.78 is 32.1. The van der Waals surface area contributed by atoms with Gasteiger partial charge in [0.2, 0.25) is 0 Å². The number of hydrogen-bond acceptors (Lipinski definition) is 7. The average molecular weight is 472 g/mol. The summed E-state index contributed by atoms with van der Waals surface area (Å²) in [6.07, 6.45) is 2.02. The van der Waals surface area contributed by atoms with Crippen LogP contribution in [0.3, 0.4) is 0 Å². The minimum atomic E-state index is -4.40. The quantitative estimate of drug-likeness (QED) is 0.610. The summed E-state index contributed by atoms with van der Waals surface area (Å²) in [5, 5.41) is 13.8. The number of rotatable bonds is 6. The van der Waals surface area contributed by atoms with Crippen LogP contribution in [0.2, 0.25) is 5.02 Å². The number of carbonyl (C=O) groups is 2. The number of hydrogen-bond donors (Lipinski definition) is 2. The molecular formula is C20H26ClN3O6S. The van der Waals surface area contributed by atoms with Gasteiger partial charge in [-0.15, -0.1) is 0 Å². The van der Waals surface area contributed by atoms with Gasteiger partial charge in [-0.2, -0.15) is 12.7 Å². The normalized spacial score (nSPS) is 20.7. The number of phenolic OH excluding ortho intramolecular Hbond substituents is 1. The van der Waals surface area contributed by atoms with Crippen LogP contribution >= 0.6 is 11.6 Å². The van der Waals surface area contributed by atoms with Crippen LogP contribution in [-0.4, -0.2) is 55.6 Å². The Morgan fingerprint density at radius 1 is 1.32 bits per heavy atom. The molecule has 0 aliphatic carbocycles. The number of nitrogens with one attached hydrogen (secondary N) is 1. The molecule has 9 nitrogen and oxygen atoms in total. The minimum absolute atomic E-state index is 0.0230. The molecule has 170 valence electrons. The summed E-state index contributed by atoms with van der Waals surface area (Å²) in [5.74, 6) is -1.93. The van der Waals surface area contributed by atoms with Crippen LogP contribution in [0.15, 0.2) is 18.2 Å². The molecule has 1 aromatic rings. The van der Waals surface area contributed by atoms with Crippen molar-refractivity contribution in [1.29, 1.82) is 0 Å². The zero-order chi connectivity index (χ0) is 23.1. The monoisotopic (exact) mass is 471 g/mol. The van der Waals surface area contributed by atoms with Crippen molar-refractivity contribution in [2.45, 2.75) is 33.7 Å². The van der Waals surface area contributed by atoms with Gasteiger partial charge in [-0.25, -0.2) is 4.31 Å². The van der Waals surface area contributed by atoms with E-state index in [2.05, 4.69) is 19.2 Å². The predicted molar refractivity (Wildman–Crippen MR) is 117 cm³/mol. The minimum Gasteiger partial charge on any atom is -0.506 e. The van der Waals surface area contributed by atoms with Crippen LogP contribution in [-0.2, 0) is 24.5 Å². The molecule has 2 heterocycles. The average Bonchev–Trinajstić information content (AvgIpc) is 3.24. The molecule has 1 saturated heterocycles. The zero-order valence-electron chi connectivity index (χ0n) is 17.8. The van der Waals surface area contributed by atoms with Crippen molar-refractivity contribution in [3.8, 4) is 5.75 Å². The molecule has 2 aliphatic rings. The summed E-state index contributed by atoms with van der Waals surface area (Å²) in [5.41, 5.74) is 1.26. The van der Waals surface area contributed by atoms with Crippen LogP contribution in [0.1, 0.15) is 33.3 Å². The number of benzene rings is 1. The molecule has 31 heavy (non-hydrogen) atoms. The number of esters is 1. The molecule has 1 fully saturated rings. The number of carbonyl (C=O) groups excluding carboxylic acids is 2. The van der Waals surface area contributed by atoms with Crippen molar-refractivity contribution < 1.29 is 27.9 Å². The Bertz CT molecular complexity index is 1040. The summed E-state index contributed by atoms with van der Waals surface area (Å²) in [7, 11) is -4.40. The highest BCUT2D eigenvalue weighted by Crippen LogP contribution is 2.43. The molecule has 11 heteroatoms. The lowest BCUT2D eigenvalue weighted by Gasteiger charge is -2.22. The van der Waals surface area contributed by atoms with Gasteiger partial charge in [0.05, 0.1) is 10.9 Å². The first-order valence-corrected chi connectivity index (χ1v) is 11.7. The van der Waals surface area contributed by atoms with E-state index in [0.29, 0.717) is 22.3 Å². The maximum absolute atomic E-state index is 13.0. The van der Waals surface area contributed by atoms with E-state index in [-0.39, 0.29) is 22.5 Å². The second-order valence-corrected chi connectivity index (χ2v) is 10.3. The molecule has 0 aromatic heterocycles. The lowest BCUT2D eigenvalue weighted by molar-refractivity contribution is -0.151. The largest absolute Gasteiger partial charge is 0.506 e. The number of aromatic hydroxyl groups is 1. The van der Waals surface area contributed by atoms with Crippen molar-refractivity contribution in [2.24, 2.45) is 11.8 Å². The van der Waals surface area contributed by atoms with Crippen molar-refractivity contribution in [2.75, 3.05) is 24.1 Å². The van der Waals surface area contributed by atoms with E-state index in [1.54, 1.807) is 19.9 Å². The highest BCUT2D eigenvalue weighted by atomic mass is 35.5. The highest BCUT2D eigenvalue weighted by molar-refractivity contribution is 7.91. The molecule has 0 radical (unpaired) electrons. The number of halogens is 1. The summed E-state index contributed by atoms with van der Waals surface area (Å²) in [6.45, 7) is 6.56. The SMILES string of the molecule is CC(C)C(=O)OCN1C(=O)CN(c2c(O)ccc(C3=C[C@H](C(C)C)NC3)c2Cl)S1(=O)=O. The van der Waals surface area contributed by atoms with Gasteiger partial charge < -0.3 is 15.2 Å². The molecule has 0 unspecified atom stereocenters. The topological polar surface area (TPSA) is 116 Å². The predicted octanol–water partition coefficient (Wildman–Crippen LogP) is 2.11. The van der Waals surface area contributed by atoms with E-state index in [1.165, 1.54) is 6.07 Å². The van der Waals surface area contributed by atoms with E-state index < -0.39 is 41.3 Å². The van der Waals surface area contributed by atoms with Gasteiger partial charge in [0.25, 0.3) is 5.91 Å². The molecule has 1 atom stereocenters. The Balaban J connectivity index is 1.95. The van der Waals surface area contributed by atoms with Crippen LogP contribution in [0.5, 0.6) is 5.75 Å². The summed E-state index contributed by atoms with van der Waals surface area (Å²) in [6, 6.07) is 3.11. The molecule has 2 N–H and O–H groups in total. The Hall–Kier alpha value is -2.30. The first kappa shape index (κ1) is 23.4. The smallest absolute Gasteiger partial charge is 0.332 e. The van der Waals surface area contributed by atoms with Gasteiger partial charge in [-0.05, 0) is 29.2 Å². The van der Waals surface area contributed by atoms with Gasteiger partial charge in [0.1, 0.15) is 18.0 Å². The van der Waals surface area contributed by atoms with Gasteiger partial charge in [0.15, 0.2) is 6.73 Å². The molecule has 2 aliphatic heterocycles. The third-order valence-corrected chi connectivity index (χ3v) is 7.34. The van der Waals surface area contributed by atoms with E-state index >= 15 is 0 Å². The standard InChI is InChI=1S/C20H26ClN3O6S/c1-11(2)15-7-13(8-22-15)14-5-6-16(25)19(18(14)21)23-9-17(26)24(31(23,28)29)10-30-20(27)12(3)4/h5-7,11-12,15,22,25H,8-10H2,1-4H3/t15-/m1/s1. The fourth-order valence-electron chi connectivity index (χ4n) is 3.37. The number of amides is 1. The lowest BCUT2D eigenvalue weighted by atomic mass is 10.0. The molecule has 0 bridgehead atoms. The maximum Gasteiger partial charge on any atom is 0.332 e. The number of ether oxygens (including phenoxy) is 1. The van der Waals surface area contributed by atoms with Gasteiger partial charge >= 0.3 is 16.2 Å². The summed E-state index contributed by atoms with van der Waals surface area (Å²) in [4.78, 5) is 24.1. The molecule has 1 aromatic carbocycles. The molecule has 0 saturated carbocycles. The molecular weight excluding hydrogens is 446 g/mol. The van der Waals surface area contributed by atoms with Crippen molar-refractivity contribution in [1.82, 2.24) is 9.62 Å². The second kappa shape index (κ2) is 8.68. The molecule has 3 rings (SSSR count). The van der Waals surface area contributed by atoms with E-state index in [9.17, 15) is 23.1 Å². The van der Waals surface area contributed by atoms with Crippen molar-refractivity contribution in [3.05, 3.63) is 28.8 Å². The maximum atomic E-state index is 13.0. The molecule has 1 amide bonds. The Kier molecular flexibility index (Phi) is 6.54. The number of anilines is 1. The highest BCUT2D eigenvalue weighted by Gasteiger charge is 2.45. The third-order valence-electron chi connectivity index (χ3n) is 5.23. The first-order valence-electron chi connectivity index (χ1n) is 9.91. The fraction of sp³-hybridized carbons (Fsp3) is 0.500. The van der Waals surface area contributed by atoms with Crippen LogP contribution < -0.4 is 9.62 Å². The van der Waals surface area contributed by atoms with E-state index in [1.807, 2.05) is 6.08 Å². The van der Waals surface area contributed by atoms with Crippen molar-refractivity contribution >= 4 is 44.9 Å². The van der Waals surface area contributed by atoms with Gasteiger partial charge in [-0.1, -0.05) is 45.4 Å². The van der Waals surface area contributed by atoms with E-state index in [4.69, 9.17) is 16.3 Å². The first-order chi connectivity index (χ1) is 14.4. The van der Waals surface area contributed by atoms with Gasteiger partial charge in [-0.3, -0.25) is 9.59 Å².